The van der Waals surface area contributed by atoms with Crippen LogP contribution in [0.25, 0.3) is 0 Å². The SMILES string of the molecule is COc1cc(NC(=S)N2CCC3(CCN(C(=O)c4ccc(C(C)=O)s4)CC3)C2)c(OC)cc1Cl. The van der Waals surface area contributed by atoms with Crippen LogP contribution in [0.4, 0.5) is 5.69 Å². The zero-order valence-electron chi connectivity index (χ0n) is 19.5. The van der Waals surface area contributed by atoms with Crippen molar-refractivity contribution >= 4 is 57.6 Å². The van der Waals surface area contributed by atoms with Gasteiger partial charge in [0.25, 0.3) is 5.91 Å². The number of nitrogens with zero attached hydrogens (tertiary/aromatic N) is 2. The number of likely N-dealkylation sites (tertiary alicyclic amines) is 2. The molecule has 0 bridgehead atoms. The van der Waals surface area contributed by atoms with E-state index in [0.717, 1.165) is 32.4 Å². The topological polar surface area (TPSA) is 71.1 Å². The Labute approximate surface area is 214 Å². The molecule has 0 aliphatic carbocycles. The zero-order valence-corrected chi connectivity index (χ0v) is 21.9. The lowest BCUT2D eigenvalue weighted by Gasteiger charge is -2.39. The maximum Gasteiger partial charge on any atom is 0.263 e. The zero-order chi connectivity index (χ0) is 24.5. The first-order chi connectivity index (χ1) is 16.2. The molecule has 182 valence electrons. The van der Waals surface area contributed by atoms with E-state index >= 15 is 0 Å². The molecule has 2 aromatic rings. The number of halogens is 1. The summed E-state index contributed by atoms with van der Waals surface area (Å²) in [5, 5.41) is 4.39. The van der Waals surface area contributed by atoms with Crippen LogP contribution in [0.1, 0.15) is 45.5 Å². The van der Waals surface area contributed by atoms with Crippen molar-refractivity contribution in [1.29, 1.82) is 0 Å². The fraction of sp³-hybridized carbons (Fsp3) is 0.458. The van der Waals surface area contributed by atoms with E-state index in [4.69, 9.17) is 33.3 Å². The number of methoxy groups -OCH3 is 2. The Morgan fingerprint density at radius 3 is 2.24 bits per heavy atom. The predicted molar refractivity (Wildman–Crippen MR) is 139 cm³/mol. The van der Waals surface area contributed by atoms with Crippen LogP contribution in [0.3, 0.4) is 0 Å². The molecule has 4 rings (SSSR count). The fourth-order valence-corrected chi connectivity index (χ4v) is 6.02. The van der Waals surface area contributed by atoms with E-state index < -0.39 is 0 Å². The molecule has 2 saturated heterocycles. The van der Waals surface area contributed by atoms with Crippen molar-refractivity contribution in [3.05, 3.63) is 39.0 Å². The van der Waals surface area contributed by atoms with Gasteiger partial charge in [-0.05, 0) is 56.0 Å². The molecule has 1 aromatic carbocycles. The van der Waals surface area contributed by atoms with Crippen molar-refractivity contribution in [3.63, 3.8) is 0 Å². The third kappa shape index (κ3) is 5.01. The number of rotatable bonds is 5. The molecule has 0 unspecified atom stereocenters. The summed E-state index contributed by atoms with van der Waals surface area (Å²) in [5.74, 6) is 1.15. The summed E-state index contributed by atoms with van der Waals surface area (Å²) >= 11 is 13.2. The Morgan fingerprint density at radius 1 is 1.03 bits per heavy atom. The molecule has 1 amide bonds. The van der Waals surface area contributed by atoms with E-state index in [1.807, 2.05) is 4.90 Å². The second-order valence-corrected chi connectivity index (χ2v) is 10.7. The van der Waals surface area contributed by atoms with Gasteiger partial charge in [-0.3, -0.25) is 9.59 Å². The number of thiocarbonyl (C=S) groups is 1. The Balaban J connectivity index is 1.36. The molecule has 1 aromatic heterocycles. The monoisotopic (exact) mass is 521 g/mol. The van der Waals surface area contributed by atoms with Crippen LogP contribution in [-0.4, -0.2) is 67.0 Å². The number of piperidine rings is 1. The number of hydrogen-bond acceptors (Lipinski definition) is 6. The molecule has 2 aliphatic rings. The van der Waals surface area contributed by atoms with Gasteiger partial charge in [0.15, 0.2) is 10.9 Å². The van der Waals surface area contributed by atoms with Crippen molar-refractivity contribution < 1.29 is 19.1 Å². The molecule has 10 heteroatoms. The van der Waals surface area contributed by atoms with Gasteiger partial charge in [0.2, 0.25) is 0 Å². The number of ketones is 1. The lowest BCUT2D eigenvalue weighted by molar-refractivity contribution is 0.0603. The number of hydrogen-bond donors (Lipinski definition) is 1. The van der Waals surface area contributed by atoms with Crippen molar-refractivity contribution in [1.82, 2.24) is 9.80 Å². The van der Waals surface area contributed by atoms with Crippen LogP contribution < -0.4 is 14.8 Å². The molecule has 2 aliphatic heterocycles. The number of carbonyl (C=O) groups excluding carboxylic acids is 2. The largest absolute Gasteiger partial charge is 0.495 e. The van der Waals surface area contributed by atoms with Crippen LogP contribution in [0, 0.1) is 5.41 Å². The maximum atomic E-state index is 12.9. The van der Waals surface area contributed by atoms with E-state index in [0.29, 0.717) is 50.2 Å². The van der Waals surface area contributed by atoms with Gasteiger partial charge < -0.3 is 24.6 Å². The lowest BCUT2D eigenvalue weighted by Crippen LogP contribution is -2.44. The lowest BCUT2D eigenvalue weighted by atomic mass is 9.78. The first kappa shape index (κ1) is 24.8. The number of nitrogens with one attached hydrogen (secondary N) is 1. The van der Waals surface area contributed by atoms with E-state index in [1.54, 1.807) is 38.5 Å². The average Bonchev–Trinajstić information content (AvgIpc) is 3.48. The number of ether oxygens (including phenoxy) is 2. The normalized spacial score (nSPS) is 17.1. The first-order valence-corrected chi connectivity index (χ1v) is 12.7. The molecule has 0 saturated carbocycles. The smallest absolute Gasteiger partial charge is 0.263 e. The highest BCUT2D eigenvalue weighted by Gasteiger charge is 2.42. The minimum atomic E-state index is -0.00747. The van der Waals surface area contributed by atoms with Crippen LogP contribution >= 0.6 is 35.2 Å². The molecule has 0 atom stereocenters. The Kier molecular flexibility index (Phi) is 7.35. The van der Waals surface area contributed by atoms with Gasteiger partial charge in [-0.15, -0.1) is 11.3 Å². The summed E-state index contributed by atoms with van der Waals surface area (Å²) in [4.78, 5) is 29.8. The standard InChI is InChI=1S/C24H28ClN3O4S2/c1-15(29)20-4-5-21(34-20)22(30)27-9-6-24(7-10-27)8-11-28(14-24)23(33)26-17-13-18(31-2)16(25)12-19(17)32-3/h4-5,12-13H,6-11,14H2,1-3H3,(H,26,33). The predicted octanol–water partition coefficient (Wildman–Crippen LogP) is 4.95. The molecule has 3 heterocycles. The van der Waals surface area contributed by atoms with E-state index in [2.05, 4.69) is 10.2 Å². The average molecular weight is 522 g/mol. The Morgan fingerprint density at radius 2 is 1.65 bits per heavy atom. The minimum Gasteiger partial charge on any atom is -0.495 e. The minimum absolute atomic E-state index is 0.00747. The van der Waals surface area contributed by atoms with Gasteiger partial charge in [-0.25, -0.2) is 0 Å². The maximum absolute atomic E-state index is 12.9. The number of thiophene rings is 1. The third-order valence-corrected chi connectivity index (χ3v) is 8.55. The quantitative estimate of drug-likeness (QED) is 0.441. The molecular formula is C24H28ClN3O4S2. The number of anilines is 1. The number of Topliss-reactive ketones (excluding diaryl/α,β-unsaturated/α-hetero) is 1. The van der Waals surface area contributed by atoms with Crippen molar-refractivity contribution in [2.24, 2.45) is 5.41 Å². The highest BCUT2D eigenvalue weighted by molar-refractivity contribution is 7.80. The summed E-state index contributed by atoms with van der Waals surface area (Å²) in [7, 11) is 3.15. The van der Waals surface area contributed by atoms with Crippen molar-refractivity contribution in [2.75, 3.05) is 45.7 Å². The summed E-state index contributed by atoms with van der Waals surface area (Å²) in [5.41, 5.74) is 0.848. The molecule has 0 radical (unpaired) electrons. The molecule has 1 spiro atoms. The Hall–Kier alpha value is -2.36. The fourth-order valence-electron chi connectivity index (χ4n) is 4.65. The highest BCUT2D eigenvalue weighted by Crippen LogP contribution is 2.42. The summed E-state index contributed by atoms with van der Waals surface area (Å²) in [6, 6.07) is 6.98. The number of amides is 1. The van der Waals surface area contributed by atoms with Gasteiger partial charge in [-0.1, -0.05) is 11.6 Å². The van der Waals surface area contributed by atoms with Gasteiger partial charge in [0.05, 0.1) is 34.7 Å². The summed E-state index contributed by atoms with van der Waals surface area (Å²) < 4.78 is 10.8. The van der Waals surface area contributed by atoms with Gasteiger partial charge in [0.1, 0.15) is 11.5 Å². The van der Waals surface area contributed by atoms with Crippen molar-refractivity contribution in [2.45, 2.75) is 26.2 Å². The number of benzene rings is 1. The van der Waals surface area contributed by atoms with Crippen molar-refractivity contribution in [3.8, 4) is 11.5 Å². The number of carbonyl (C=O) groups is 2. The second-order valence-electron chi connectivity index (χ2n) is 8.80. The van der Waals surface area contributed by atoms with Gasteiger partial charge in [0, 0.05) is 38.3 Å². The molecule has 2 fully saturated rings. The highest BCUT2D eigenvalue weighted by atomic mass is 35.5. The van der Waals surface area contributed by atoms with E-state index in [9.17, 15) is 9.59 Å². The Bertz CT molecular complexity index is 1110. The van der Waals surface area contributed by atoms with Gasteiger partial charge >= 0.3 is 0 Å². The van der Waals surface area contributed by atoms with Crippen LogP contribution in [0.5, 0.6) is 11.5 Å². The molecular weight excluding hydrogens is 494 g/mol. The summed E-state index contributed by atoms with van der Waals surface area (Å²) in [6.45, 7) is 4.65. The first-order valence-electron chi connectivity index (χ1n) is 11.1. The summed E-state index contributed by atoms with van der Waals surface area (Å²) in [6.07, 6.45) is 2.90. The van der Waals surface area contributed by atoms with Crippen LogP contribution in [0.15, 0.2) is 24.3 Å². The van der Waals surface area contributed by atoms with E-state index in [-0.39, 0.29) is 17.1 Å². The molecule has 1 N–H and O–H groups in total. The third-order valence-electron chi connectivity index (χ3n) is 6.72. The van der Waals surface area contributed by atoms with E-state index in [1.165, 1.54) is 18.3 Å². The molecule has 7 nitrogen and oxygen atoms in total. The molecule has 34 heavy (non-hydrogen) atoms. The second kappa shape index (κ2) is 10.1. The van der Waals surface area contributed by atoms with Crippen LogP contribution in [-0.2, 0) is 0 Å². The van der Waals surface area contributed by atoms with Crippen LogP contribution in [0.2, 0.25) is 5.02 Å². The van der Waals surface area contributed by atoms with Gasteiger partial charge in [-0.2, -0.15) is 0 Å².